The van der Waals surface area contributed by atoms with E-state index < -0.39 is 17.7 Å². The lowest BCUT2D eigenvalue weighted by Crippen LogP contribution is -2.13. The average Bonchev–Trinajstić information content (AvgIpc) is 2.38. The SMILES string of the molecule is O=C(c1cccnc1Cl)C(O)c1ccc(F)cc1. The molecule has 2 rings (SSSR count). The van der Waals surface area contributed by atoms with Gasteiger partial charge in [-0.3, -0.25) is 4.79 Å². The summed E-state index contributed by atoms with van der Waals surface area (Å²) in [5, 5.41) is 9.93. The molecule has 0 aliphatic rings. The van der Waals surface area contributed by atoms with Gasteiger partial charge in [0.05, 0.1) is 5.56 Å². The van der Waals surface area contributed by atoms with Crippen LogP contribution in [0.1, 0.15) is 22.0 Å². The second kappa shape index (κ2) is 5.25. The van der Waals surface area contributed by atoms with E-state index in [9.17, 15) is 14.3 Å². The number of benzene rings is 1. The van der Waals surface area contributed by atoms with Gasteiger partial charge in [-0.1, -0.05) is 23.7 Å². The largest absolute Gasteiger partial charge is 0.380 e. The first-order chi connectivity index (χ1) is 8.59. The highest BCUT2D eigenvalue weighted by Crippen LogP contribution is 2.22. The zero-order valence-corrected chi connectivity index (χ0v) is 9.93. The fourth-order valence-electron chi connectivity index (χ4n) is 1.51. The molecule has 2 aromatic rings. The Kier molecular flexibility index (Phi) is 3.69. The van der Waals surface area contributed by atoms with Crippen LogP contribution in [0.2, 0.25) is 5.15 Å². The minimum absolute atomic E-state index is 0.0312. The van der Waals surface area contributed by atoms with Gasteiger partial charge < -0.3 is 5.11 Å². The molecule has 0 bridgehead atoms. The third-order valence-electron chi connectivity index (χ3n) is 2.46. The van der Waals surface area contributed by atoms with E-state index in [0.717, 1.165) is 0 Å². The van der Waals surface area contributed by atoms with E-state index in [2.05, 4.69) is 4.98 Å². The molecule has 0 fully saturated rings. The molecule has 1 N–H and O–H groups in total. The topological polar surface area (TPSA) is 50.2 Å². The molecule has 18 heavy (non-hydrogen) atoms. The van der Waals surface area contributed by atoms with Crippen LogP contribution in [0.3, 0.4) is 0 Å². The number of carbonyl (C=O) groups is 1. The number of aromatic nitrogens is 1. The van der Waals surface area contributed by atoms with Crippen LogP contribution in [0.15, 0.2) is 42.6 Å². The van der Waals surface area contributed by atoms with Crippen LogP contribution >= 0.6 is 11.6 Å². The van der Waals surface area contributed by atoms with Crippen molar-refractivity contribution in [1.29, 1.82) is 0 Å². The fraction of sp³-hybridized carbons (Fsp3) is 0.0769. The molecular formula is C13H9ClFNO2. The van der Waals surface area contributed by atoms with Crippen molar-refractivity contribution in [3.8, 4) is 0 Å². The summed E-state index contributed by atoms with van der Waals surface area (Å²) in [6, 6.07) is 8.08. The second-order valence-corrected chi connectivity index (χ2v) is 4.02. The first-order valence-corrected chi connectivity index (χ1v) is 5.55. The highest BCUT2D eigenvalue weighted by molar-refractivity contribution is 6.32. The third-order valence-corrected chi connectivity index (χ3v) is 2.76. The monoisotopic (exact) mass is 265 g/mol. The van der Waals surface area contributed by atoms with Crippen LogP contribution in [0.25, 0.3) is 0 Å². The van der Waals surface area contributed by atoms with Gasteiger partial charge in [0.1, 0.15) is 17.1 Å². The van der Waals surface area contributed by atoms with Gasteiger partial charge in [-0.2, -0.15) is 0 Å². The second-order valence-electron chi connectivity index (χ2n) is 3.66. The highest BCUT2D eigenvalue weighted by atomic mass is 35.5. The Morgan fingerprint density at radius 2 is 1.94 bits per heavy atom. The molecule has 1 aromatic carbocycles. The molecule has 0 aliphatic heterocycles. The number of pyridine rings is 1. The molecule has 0 spiro atoms. The van der Waals surface area contributed by atoms with Crippen LogP contribution < -0.4 is 0 Å². The number of aliphatic hydroxyl groups excluding tert-OH is 1. The maximum Gasteiger partial charge on any atom is 0.198 e. The van der Waals surface area contributed by atoms with Gasteiger partial charge in [0.2, 0.25) is 0 Å². The summed E-state index contributed by atoms with van der Waals surface area (Å²) in [5.74, 6) is -1.00. The predicted molar refractivity (Wildman–Crippen MR) is 64.9 cm³/mol. The third kappa shape index (κ3) is 2.55. The average molecular weight is 266 g/mol. The van der Waals surface area contributed by atoms with E-state index in [1.54, 1.807) is 6.07 Å². The van der Waals surface area contributed by atoms with Crippen molar-refractivity contribution in [1.82, 2.24) is 4.98 Å². The Labute approximate surface area is 108 Å². The van der Waals surface area contributed by atoms with Crippen molar-refractivity contribution >= 4 is 17.4 Å². The summed E-state index contributed by atoms with van der Waals surface area (Å²) in [6.07, 6.45) is 0.0657. The summed E-state index contributed by atoms with van der Waals surface area (Å²) in [5.41, 5.74) is 0.442. The molecule has 1 atom stereocenters. The van der Waals surface area contributed by atoms with Crippen molar-refractivity contribution < 1.29 is 14.3 Å². The number of halogens is 2. The van der Waals surface area contributed by atoms with Crippen molar-refractivity contribution in [2.75, 3.05) is 0 Å². The van der Waals surface area contributed by atoms with E-state index >= 15 is 0 Å². The Morgan fingerprint density at radius 3 is 2.56 bits per heavy atom. The quantitative estimate of drug-likeness (QED) is 0.686. The minimum atomic E-state index is -1.38. The van der Waals surface area contributed by atoms with Gasteiger partial charge in [0, 0.05) is 6.20 Å². The standard InChI is InChI=1S/C13H9ClFNO2/c14-13-10(2-1-7-16-13)12(18)11(17)8-3-5-9(15)6-4-8/h1-7,11,17H. The summed E-state index contributed by atoms with van der Waals surface area (Å²) in [6.45, 7) is 0. The van der Waals surface area contributed by atoms with Gasteiger partial charge in [-0.15, -0.1) is 0 Å². The highest BCUT2D eigenvalue weighted by Gasteiger charge is 2.21. The zero-order valence-electron chi connectivity index (χ0n) is 9.18. The predicted octanol–water partition coefficient (Wildman–Crippen LogP) is 2.79. The molecule has 1 unspecified atom stereocenters. The zero-order chi connectivity index (χ0) is 13.1. The number of carbonyl (C=O) groups excluding carboxylic acids is 1. The summed E-state index contributed by atoms with van der Waals surface area (Å²) >= 11 is 5.77. The lowest BCUT2D eigenvalue weighted by atomic mass is 10.0. The van der Waals surface area contributed by atoms with Crippen molar-refractivity contribution in [2.24, 2.45) is 0 Å². The van der Waals surface area contributed by atoms with E-state index in [-0.39, 0.29) is 10.7 Å². The number of Topliss-reactive ketones (excluding diaryl/α,β-unsaturated/α-hetero) is 1. The molecule has 92 valence electrons. The molecule has 1 heterocycles. The maximum atomic E-state index is 12.7. The Bertz CT molecular complexity index is 571. The van der Waals surface area contributed by atoms with E-state index in [1.807, 2.05) is 0 Å². The number of hydrogen-bond donors (Lipinski definition) is 1. The molecule has 1 aromatic heterocycles. The van der Waals surface area contributed by atoms with E-state index in [0.29, 0.717) is 5.56 Å². The summed E-state index contributed by atoms with van der Waals surface area (Å²) in [7, 11) is 0. The first kappa shape index (κ1) is 12.7. The van der Waals surface area contributed by atoms with Crippen molar-refractivity contribution in [3.63, 3.8) is 0 Å². The van der Waals surface area contributed by atoms with Gasteiger partial charge in [0.25, 0.3) is 0 Å². The molecule has 5 heteroatoms. The molecule has 0 saturated carbocycles. The molecular weight excluding hydrogens is 257 g/mol. The number of rotatable bonds is 3. The molecule has 0 amide bonds. The fourth-order valence-corrected chi connectivity index (χ4v) is 1.73. The van der Waals surface area contributed by atoms with Crippen LogP contribution in [0.4, 0.5) is 4.39 Å². The number of ketones is 1. The smallest absolute Gasteiger partial charge is 0.198 e. The number of aliphatic hydroxyl groups is 1. The minimum Gasteiger partial charge on any atom is -0.380 e. The summed E-state index contributed by atoms with van der Waals surface area (Å²) in [4.78, 5) is 15.7. The maximum absolute atomic E-state index is 12.7. The van der Waals surface area contributed by atoms with Crippen LogP contribution in [-0.4, -0.2) is 15.9 Å². The van der Waals surface area contributed by atoms with Crippen LogP contribution in [0.5, 0.6) is 0 Å². The summed E-state index contributed by atoms with van der Waals surface area (Å²) < 4.78 is 12.7. The van der Waals surface area contributed by atoms with Crippen molar-refractivity contribution in [3.05, 3.63) is 64.7 Å². The normalized spacial score (nSPS) is 12.2. The molecule has 0 saturated heterocycles. The van der Waals surface area contributed by atoms with Crippen LogP contribution in [0, 0.1) is 5.82 Å². The molecule has 0 radical (unpaired) electrons. The van der Waals surface area contributed by atoms with Gasteiger partial charge in [-0.05, 0) is 29.8 Å². The van der Waals surface area contributed by atoms with E-state index in [4.69, 9.17) is 11.6 Å². The molecule has 3 nitrogen and oxygen atoms in total. The van der Waals surface area contributed by atoms with Gasteiger partial charge in [-0.25, -0.2) is 9.37 Å². The Morgan fingerprint density at radius 1 is 1.28 bits per heavy atom. The van der Waals surface area contributed by atoms with Crippen LogP contribution in [-0.2, 0) is 0 Å². The Hall–Kier alpha value is -1.78. The first-order valence-electron chi connectivity index (χ1n) is 5.18. The van der Waals surface area contributed by atoms with Gasteiger partial charge >= 0.3 is 0 Å². The van der Waals surface area contributed by atoms with Gasteiger partial charge in [0.15, 0.2) is 5.78 Å². The number of hydrogen-bond acceptors (Lipinski definition) is 3. The van der Waals surface area contributed by atoms with E-state index in [1.165, 1.54) is 36.5 Å². The lowest BCUT2D eigenvalue weighted by molar-refractivity contribution is 0.0747. The van der Waals surface area contributed by atoms with Crippen molar-refractivity contribution in [2.45, 2.75) is 6.10 Å². The molecule has 0 aliphatic carbocycles. The number of nitrogens with zero attached hydrogens (tertiary/aromatic N) is 1. The Balaban J connectivity index is 2.29. The lowest BCUT2D eigenvalue weighted by Gasteiger charge is -2.10.